The van der Waals surface area contributed by atoms with E-state index in [1.807, 2.05) is 12.2 Å². The topological polar surface area (TPSA) is 86.6 Å². The number of hydrogen-bond donors (Lipinski definition) is 3. The van der Waals surface area contributed by atoms with Crippen molar-refractivity contribution in [2.75, 3.05) is 6.54 Å². The number of aliphatic hydroxyl groups excluding tert-OH is 1. The molecule has 5 heteroatoms. The van der Waals surface area contributed by atoms with Gasteiger partial charge in [0.2, 0.25) is 5.91 Å². The first-order valence-electron chi connectivity index (χ1n) is 6.95. The number of carbonyl (C=O) groups is 2. The summed E-state index contributed by atoms with van der Waals surface area (Å²) in [6, 6.07) is 0. The molecule has 5 atom stereocenters. The molecule has 19 heavy (non-hydrogen) atoms. The Labute approximate surface area is 111 Å². The monoisotopic (exact) mass is 265 g/mol. The Kier molecular flexibility index (Phi) is 3.09. The fraction of sp³-hybridized carbons (Fsp3) is 0.714. The zero-order valence-electron chi connectivity index (χ0n) is 10.7. The molecule has 0 heterocycles. The summed E-state index contributed by atoms with van der Waals surface area (Å²) in [6.45, 7) is 0.243. The molecule has 5 nitrogen and oxygen atoms in total. The van der Waals surface area contributed by atoms with Gasteiger partial charge in [0.05, 0.1) is 17.9 Å². The summed E-state index contributed by atoms with van der Waals surface area (Å²) >= 11 is 0. The predicted octanol–water partition coefficient (Wildman–Crippen LogP) is 0.396. The molecule has 2 saturated carbocycles. The number of aliphatic carboxylic acids is 1. The third kappa shape index (κ3) is 2.27. The normalized spacial score (nSPS) is 37.3. The highest BCUT2D eigenvalue weighted by atomic mass is 16.4. The molecule has 3 rings (SSSR count). The van der Waals surface area contributed by atoms with E-state index in [2.05, 4.69) is 5.32 Å². The first-order valence-corrected chi connectivity index (χ1v) is 6.95. The van der Waals surface area contributed by atoms with Gasteiger partial charge in [0.25, 0.3) is 0 Å². The number of fused-ring (bicyclic) bond motifs is 2. The standard InChI is InChI=1S/C14H19NO4/c16-10(7-1-2-7)6-15-13(17)11-8-3-4-9(5-8)12(11)14(18)19/h3-4,7-12,16H,1-2,5-6H2,(H,15,17)(H,18,19)/t8?,9?,10?,11-,12+/m0/s1. The van der Waals surface area contributed by atoms with Crippen LogP contribution in [0.3, 0.4) is 0 Å². The van der Waals surface area contributed by atoms with Crippen molar-refractivity contribution in [1.29, 1.82) is 0 Å². The average molecular weight is 265 g/mol. The summed E-state index contributed by atoms with van der Waals surface area (Å²) in [6.07, 6.45) is 6.21. The van der Waals surface area contributed by atoms with E-state index in [0.29, 0.717) is 5.92 Å². The minimum atomic E-state index is -0.889. The van der Waals surface area contributed by atoms with Crippen LogP contribution in [0.2, 0.25) is 0 Å². The van der Waals surface area contributed by atoms with Gasteiger partial charge in [-0.2, -0.15) is 0 Å². The number of rotatable bonds is 5. The zero-order chi connectivity index (χ0) is 13.6. The Morgan fingerprint density at radius 1 is 1.21 bits per heavy atom. The van der Waals surface area contributed by atoms with Gasteiger partial charge in [-0.1, -0.05) is 12.2 Å². The minimum absolute atomic E-state index is 0.00777. The molecule has 104 valence electrons. The van der Waals surface area contributed by atoms with Crippen LogP contribution in [-0.4, -0.2) is 34.7 Å². The number of nitrogens with one attached hydrogen (secondary N) is 1. The molecule has 0 saturated heterocycles. The highest BCUT2D eigenvalue weighted by Crippen LogP contribution is 2.48. The summed E-state index contributed by atoms with van der Waals surface area (Å²) in [4.78, 5) is 23.5. The number of amides is 1. The second-order valence-corrected chi connectivity index (χ2v) is 5.99. The van der Waals surface area contributed by atoms with E-state index in [9.17, 15) is 19.8 Å². The Morgan fingerprint density at radius 2 is 1.84 bits per heavy atom. The van der Waals surface area contributed by atoms with Gasteiger partial charge >= 0.3 is 5.97 Å². The van der Waals surface area contributed by atoms with Crippen LogP contribution in [0.15, 0.2) is 12.2 Å². The van der Waals surface area contributed by atoms with E-state index in [4.69, 9.17) is 0 Å². The van der Waals surface area contributed by atoms with E-state index < -0.39 is 23.9 Å². The third-order valence-electron chi connectivity index (χ3n) is 4.70. The maximum atomic E-state index is 12.2. The Hall–Kier alpha value is -1.36. The molecule has 0 spiro atoms. The van der Waals surface area contributed by atoms with E-state index >= 15 is 0 Å². The van der Waals surface area contributed by atoms with Gasteiger partial charge in [-0.3, -0.25) is 9.59 Å². The van der Waals surface area contributed by atoms with Crippen LogP contribution >= 0.6 is 0 Å². The molecule has 0 aromatic heterocycles. The van der Waals surface area contributed by atoms with Gasteiger partial charge in [-0.15, -0.1) is 0 Å². The summed E-state index contributed by atoms with van der Waals surface area (Å²) < 4.78 is 0. The number of allylic oxidation sites excluding steroid dienone is 2. The molecule has 3 unspecified atom stereocenters. The zero-order valence-corrected chi connectivity index (χ0v) is 10.7. The van der Waals surface area contributed by atoms with Crippen LogP contribution in [0.1, 0.15) is 19.3 Å². The van der Waals surface area contributed by atoms with E-state index in [-0.39, 0.29) is 24.3 Å². The Morgan fingerprint density at radius 3 is 2.42 bits per heavy atom. The summed E-state index contributed by atoms with van der Waals surface area (Å²) in [5.74, 6) is -1.83. The van der Waals surface area contributed by atoms with Crippen molar-refractivity contribution in [3.63, 3.8) is 0 Å². The molecule has 3 aliphatic carbocycles. The molecule has 2 fully saturated rings. The van der Waals surface area contributed by atoms with Crippen molar-refractivity contribution in [2.45, 2.75) is 25.4 Å². The molecule has 0 radical (unpaired) electrons. The van der Waals surface area contributed by atoms with Crippen molar-refractivity contribution >= 4 is 11.9 Å². The molecule has 3 N–H and O–H groups in total. The number of aliphatic hydroxyl groups is 1. The van der Waals surface area contributed by atoms with Gasteiger partial charge < -0.3 is 15.5 Å². The maximum Gasteiger partial charge on any atom is 0.307 e. The first-order chi connectivity index (χ1) is 9.08. The van der Waals surface area contributed by atoms with Crippen molar-refractivity contribution < 1.29 is 19.8 Å². The van der Waals surface area contributed by atoms with Gasteiger partial charge in [0, 0.05) is 6.54 Å². The van der Waals surface area contributed by atoms with Gasteiger partial charge in [0.1, 0.15) is 0 Å². The SMILES string of the molecule is O=C(O)[C@@H]1C2C=CC(C2)[C@@H]1C(=O)NCC(O)C1CC1. The second kappa shape index (κ2) is 4.63. The highest BCUT2D eigenvalue weighted by molar-refractivity contribution is 5.86. The molecular formula is C14H19NO4. The lowest BCUT2D eigenvalue weighted by molar-refractivity contribution is -0.147. The van der Waals surface area contributed by atoms with Gasteiger partial charge in [-0.25, -0.2) is 0 Å². The van der Waals surface area contributed by atoms with Crippen LogP contribution in [0.5, 0.6) is 0 Å². The molecule has 0 aromatic rings. The Balaban J connectivity index is 1.61. The quantitative estimate of drug-likeness (QED) is 0.628. The second-order valence-electron chi connectivity index (χ2n) is 5.99. The molecular weight excluding hydrogens is 246 g/mol. The first kappa shape index (κ1) is 12.7. The number of carboxylic acids is 1. The fourth-order valence-corrected chi connectivity index (χ4v) is 3.49. The van der Waals surface area contributed by atoms with Crippen LogP contribution in [0.4, 0.5) is 0 Å². The minimum Gasteiger partial charge on any atom is -0.481 e. The van der Waals surface area contributed by atoms with E-state index in [1.165, 1.54) is 0 Å². The molecule has 0 aromatic carbocycles. The number of carbonyl (C=O) groups excluding carboxylic acids is 1. The molecule has 0 aliphatic heterocycles. The fourth-order valence-electron chi connectivity index (χ4n) is 3.49. The molecule has 3 aliphatic rings. The van der Waals surface area contributed by atoms with Crippen molar-refractivity contribution in [1.82, 2.24) is 5.32 Å². The summed E-state index contributed by atoms with van der Waals surface area (Å²) in [7, 11) is 0. The van der Waals surface area contributed by atoms with Crippen LogP contribution < -0.4 is 5.32 Å². The maximum absolute atomic E-state index is 12.2. The smallest absolute Gasteiger partial charge is 0.307 e. The summed E-state index contributed by atoms with van der Waals surface area (Å²) in [5.41, 5.74) is 0. The lowest BCUT2D eigenvalue weighted by atomic mass is 9.82. The van der Waals surface area contributed by atoms with Gasteiger partial charge in [0.15, 0.2) is 0 Å². The van der Waals surface area contributed by atoms with Crippen molar-refractivity contribution in [3.05, 3.63) is 12.2 Å². The van der Waals surface area contributed by atoms with E-state index in [1.54, 1.807) is 0 Å². The van der Waals surface area contributed by atoms with E-state index in [0.717, 1.165) is 19.3 Å². The average Bonchev–Trinajstić information content (AvgIpc) is 3.04. The lowest BCUT2D eigenvalue weighted by Gasteiger charge is -2.24. The number of hydrogen-bond acceptors (Lipinski definition) is 3. The lowest BCUT2D eigenvalue weighted by Crippen LogP contribution is -2.43. The van der Waals surface area contributed by atoms with Crippen molar-refractivity contribution in [3.8, 4) is 0 Å². The highest BCUT2D eigenvalue weighted by Gasteiger charge is 2.51. The Bertz CT molecular complexity index is 429. The largest absolute Gasteiger partial charge is 0.481 e. The third-order valence-corrected chi connectivity index (χ3v) is 4.70. The van der Waals surface area contributed by atoms with Crippen LogP contribution in [-0.2, 0) is 9.59 Å². The number of carboxylic acid groups (broad SMARTS) is 1. The van der Waals surface area contributed by atoms with Crippen molar-refractivity contribution in [2.24, 2.45) is 29.6 Å². The molecule has 1 amide bonds. The molecule has 2 bridgehead atoms. The van der Waals surface area contributed by atoms with Crippen LogP contribution in [0.25, 0.3) is 0 Å². The summed E-state index contributed by atoms with van der Waals surface area (Å²) in [5, 5.41) is 21.7. The van der Waals surface area contributed by atoms with Crippen LogP contribution in [0, 0.1) is 29.6 Å². The predicted molar refractivity (Wildman–Crippen MR) is 67.1 cm³/mol. The van der Waals surface area contributed by atoms with Gasteiger partial charge in [-0.05, 0) is 37.0 Å².